The predicted molar refractivity (Wildman–Crippen MR) is 477 cm³/mol. The molecule has 0 aliphatic carbocycles. The Kier molecular flexibility index (Phi) is 30.5. The Hall–Kier alpha value is -18.0. The number of carbonyl (C=O) groups excluding carboxylic acids is 7. The Labute approximate surface area is 749 Å². The van der Waals surface area contributed by atoms with E-state index in [-0.39, 0.29) is 113 Å². The fraction of sp³-hybridized carbons (Fsp3) is 0.0900. The first kappa shape index (κ1) is 90.7. The van der Waals surface area contributed by atoms with Gasteiger partial charge in [-0.3, -0.25) is 33.6 Å². The molecule has 0 aliphatic heterocycles. The third kappa shape index (κ3) is 28.0. The van der Waals surface area contributed by atoms with E-state index in [1.807, 2.05) is 117 Å². The number of aryl methyl sites for hydroxylation is 2. The van der Waals surface area contributed by atoms with Gasteiger partial charge in [0, 0.05) is 38.9 Å². The summed E-state index contributed by atoms with van der Waals surface area (Å²) in [6, 6.07) is 87.8. The predicted octanol–water partition coefficient (Wildman–Crippen LogP) is 23.0. The van der Waals surface area contributed by atoms with Gasteiger partial charge < -0.3 is 56.8 Å². The lowest BCUT2D eigenvalue weighted by atomic mass is 10.1. The molecule has 0 spiro atoms. The second-order valence-electron chi connectivity index (χ2n) is 28.1. The Morgan fingerprint density at radius 3 is 0.351 bits per heavy atom. The minimum atomic E-state index is -0.105. The molecule has 0 N–H and O–H groups in total. The highest BCUT2D eigenvalue weighted by Crippen LogP contribution is 2.34. The number of rotatable bonds is 31. The smallest absolute Gasteiger partial charge is 0.331 e. The molecule has 31 heteroatoms. The van der Waals surface area contributed by atoms with Gasteiger partial charge in [0.15, 0.2) is 40.5 Å². The van der Waals surface area contributed by atoms with Crippen LogP contribution in [0.4, 0.5) is 0 Å². The molecule has 0 saturated carbocycles. The van der Waals surface area contributed by atoms with E-state index in [1.165, 1.54) is 48.5 Å². The topological polar surface area (TPSA) is 385 Å². The monoisotopic (exact) mass is 1750 g/mol. The highest BCUT2D eigenvalue weighted by Gasteiger charge is 2.21. The molecular formula is C100H78N12O19. The first-order valence-electron chi connectivity index (χ1n) is 40.1. The molecule has 652 valence electrons. The van der Waals surface area contributed by atoms with E-state index < -0.39 is 0 Å². The minimum absolute atomic E-state index is 0.000187. The largest absolute Gasteiger partial charge is 0.424 e. The van der Waals surface area contributed by atoms with Gasteiger partial charge in [-0.25, -0.2) is 0 Å². The van der Waals surface area contributed by atoms with Crippen LogP contribution in [-0.4, -0.2) is 100 Å². The van der Waals surface area contributed by atoms with E-state index in [9.17, 15) is 33.6 Å². The molecular weight excluding hydrogens is 1670 g/mol. The summed E-state index contributed by atoms with van der Waals surface area (Å²) >= 11 is 0. The number of hydrogen-bond acceptors (Lipinski definition) is 31. The fourth-order valence-electron chi connectivity index (χ4n) is 11.1. The Balaban J connectivity index is 0.000000149. The van der Waals surface area contributed by atoms with Crippen molar-refractivity contribution in [1.82, 2.24) is 59.8 Å². The van der Waals surface area contributed by atoms with Crippen molar-refractivity contribution >= 4 is 40.5 Å². The van der Waals surface area contributed by atoms with Crippen LogP contribution in [0.25, 0.3) is 0 Å². The summed E-state index contributed by atoms with van der Waals surface area (Å²) in [6.07, 6.45) is 0. The van der Waals surface area contributed by atoms with Crippen molar-refractivity contribution in [2.45, 2.75) is 62.3 Å². The van der Waals surface area contributed by atoms with Gasteiger partial charge in [-0.05, 0) is 293 Å². The molecule has 0 amide bonds. The Morgan fingerprint density at radius 1 is 0.145 bits per heavy atom. The molecule has 0 bridgehead atoms. The van der Waals surface area contributed by atoms with Crippen LogP contribution in [0, 0.1) is 13.8 Å². The highest BCUT2D eigenvalue weighted by atomic mass is 16.6. The van der Waals surface area contributed by atoms with E-state index in [0.717, 1.165) is 11.1 Å². The van der Waals surface area contributed by atoms with E-state index >= 15 is 0 Å². The van der Waals surface area contributed by atoms with Crippen molar-refractivity contribution in [2.75, 3.05) is 0 Å². The van der Waals surface area contributed by atoms with Crippen molar-refractivity contribution in [3.05, 3.63) is 359 Å². The lowest BCUT2D eigenvalue weighted by molar-refractivity contribution is 0.100. The number of ether oxygens (including phenoxy) is 12. The number of nitrogens with zero attached hydrogens (tertiary/aromatic N) is 12. The van der Waals surface area contributed by atoms with Crippen molar-refractivity contribution in [3.63, 3.8) is 0 Å². The summed E-state index contributed by atoms with van der Waals surface area (Å²) in [5.41, 5.74) is 6.10. The van der Waals surface area contributed by atoms with E-state index in [4.69, 9.17) is 56.8 Å². The molecule has 0 fully saturated rings. The van der Waals surface area contributed by atoms with E-state index in [1.54, 1.807) is 206 Å². The van der Waals surface area contributed by atoms with Crippen LogP contribution in [0.15, 0.2) is 309 Å². The van der Waals surface area contributed by atoms with Gasteiger partial charge in [0.05, 0.1) is 0 Å². The van der Waals surface area contributed by atoms with Gasteiger partial charge in [-0.15, -0.1) is 59.8 Å². The van der Waals surface area contributed by atoms with Gasteiger partial charge in [-0.1, -0.05) is 90.0 Å². The summed E-state index contributed by atoms with van der Waals surface area (Å²) < 4.78 is 69.0. The van der Waals surface area contributed by atoms with Gasteiger partial charge in [0.2, 0.25) is 0 Å². The maximum Gasteiger partial charge on any atom is 0.331 e. The molecule has 12 aromatic carbocycles. The first-order chi connectivity index (χ1) is 63.3. The lowest BCUT2D eigenvalue weighted by Crippen LogP contribution is -2.02. The van der Waals surface area contributed by atoms with Crippen LogP contribution in [0.3, 0.4) is 0 Å². The number of ketones is 7. The van der Waals surface area contributed by atoms with Gasteiger partial charge in [0.1, 0.15) is 69.0 Å². The van der Waals surface area contributed by atoms with Crippen LogP contribution in [0.5, 0.6) is 141 Å². The SMILES string of the molecule is CC(=O)c1ccc(Oc2nc(Oc3ccc(C(C)=O)cc3)nc(Oc3ccc(C(C)=O)cc3)n2)cc1.CC(=O)c1ccc(Oc2nc(Oc3ccc(C)cc3)nc(Oc3ccc(C)cc3)n2)cc1.CC(=O)c1ccc(Oc2nc(Oc3ccccc3)nc(Oc3ccc(C(C)=O)cc3)n2)cc1.CC(=O)c1ccc(Oc2nc(Oc3ccccc3)nc(Oc3ccccc3)n2)cc1. The molecule has 4 aromatic heterocycles. The van der Waals surface area contributed by atoms with Gasteiger partial charge >= 0.3 is 72.1 Å². The molecule has 0 atom stereocenters. The third-order valence-electron chi connectivity index (χ3n) is 17.9. The Bertz CT molecular complexity index is 6270. The number of Topliss-reactive ketones (excluding diaryl/α,β-unsaturated/α-hetero) is 7. The van der Waals surface area contributed by atoms with E-state index in [0.29, 0.717) is 108 Å². The van der Waals surface area contributed by atoms with Crippen molar-refractivity contribution in [3.8, 4) is 141 Å². The normalized spacial score (nSPS) is 10.4. The second-order valence-corrected chi connectivity index (χ2v) is 28.1. The average molecular weight is 1750 g/mol. The zero-order valence-corrected chi connectivity index (χ0v) is 71.6. The minimum Gasteiger partial charge on any atom is -0.424 e. The Morgan fingerprint density at radius 2 is 0.244 bits per heavy atom. The standard InChI is InChI=1S/C27H21N3O6.C25H19N3O5.C25H21N3O4.C23H17N3O4/c1-16(31)19-4-10-22(11-5-19)34-25-28-26(35-23-12-6-20(7-13-23)17(2)32)30-27(29-25)36-24-14-8-21(9-15-24)18(3)33;1-16(29)18-8-12-21(13-9-18)32-24-26-23(31-20-6-4-3-5-7-20)27-25(28-24)33-22-14-10-19(11-15-22)17(2)30;1-16-4-10-20(11-5-16)30-23-26-24(31-21-12-6-17(2)7-13-21)28-25(27-23)32-22-14-8-19(9-15-22)18(3)29;1-16(27)17-12-14-20(15-13-17)30-23-25-21(28-18-8-4-2-5-9-18)24-22(26-23)29-19-10-6-3-7-11-19/h4-15H,1-3H3;3-15H,1-2H3;4-15H,1-3H3;2-15H,1H3. The molecule has 131 heavy (non-hydrogen) atoms. The summed E-state index contributed by atoms with van der Waals surface area (Å²) in [6.45, 7) is 14.4. The van der Waals surface area contributed by atoms with Crippen LogP contribution in [0.1, 0.15) is 132 Å². The number of benzene rings is 12. The average Bonchev–Trinajstić information content (AvgIpc) is 0.836. The molecule has 31 nitrogen and oxygen atoms in total. The molecule has 16 aromatic rings. The maximum absolute atomic E-state index is 11.5. The van der Waals surface area contributed by atoms with Crippen molar-refractivity contribution in [2.24, 2.45) is 0 Å². The van der Waals surface area contributed by atoms with Crippen LogP contribution in [0.2, 0.25) is 0 Å². The molecule has 0 saturated heterocycles. The van der Waals surface area contributed by atoms with Crippen molar-refractivity contribution < 1.29 is 90.4 Å². The van der Waals surface area contributed by atoms with Gasteiger partial charge in [0.25, 0.3) is 0 Å². The number of para-hydroxylation sites is 3. The molecule has 4 heterocycles. The van der Waals surface area contributed by atoms with Gasteiger partial charge in [-0.2, -0.15) is 0 Å². The zero-order chi connectivity index (χ0) is 92.1. The van der Waals surface area contributed by atoms with Crippen LogP contribution >= 0.6 is 0 Å². The zero-order valence-electron chi connectivity index (χ0n) is 71.6. The summed E-state index contributed by atoms with van der Waals surface area (Å²) in [5, 5.41) is 0. The summed E-state index contributed by atoms with van der Waals surface area (Å²) in [4.78, 5) is 131. The quantitative estimate of drug-likeness (QED) is 0.0364. The summed E-state index contributed by atoms with van der Waals surface area (Å²) in [5.74, 6) is 5.36. The highest BCUT2D eigenvalue weighted by molar-refractivity contribution is 5.97. The lowest BCUT2D eigenvalue weighted by Gasteiger charge is -2.10. The van der Waals surface area contributed by atoms with E-state index in [2.05, 4.69) is 59.8 Å². The molecule has 0 radical (unpaired) electrons. The number of hydrogen-bond donors (Lipinski definition) is 0. The molecule has 0 unspecified atom stereocenters. The number of aromatic nitrogens is 12. The molecule has 0 aliphatic rings. The summed E-state index contributed by atoms with van der Waals surface area (Å²) in [7, 11) is 0. The van der Waals surface area contributed by atoms with Crippen LogP contribution < -0.4 is 56.8 Å². The van der Waals surface area contributed by atoms with Crippen LogP contribution in [-0.2, 0) is 0 Å². The maximum atomic E-state index is 11.5. The van der Waals surface area contributed by atoms with Crippen molar-refractivity contribution in [1.29, 1.82) is 0 Å². The third-order valence-corrected chi connectivity index (χ3v) is 17.9. The molecule has 16 rings (SSSR count). The first-order valence-corrected chi connectivity index (χ1v) is 40.1. The second kappa shape index (κ2) is 44.0. The number of carbonyl (C=O) groups is 7. The fourth-order valence-corrected chi connectivity index (χ4v) is 11.1.